The molecule has 59 heavy (non-hydrogen) atoms. The van der Waals surface area contributed by atoms with Crippen LogP contribution < -0.4 is 0 Å². The summed E-state index contributed by atoms with van der Waals surface area (Å²) in [5.41, 5.74) is 16.3. The first kappa shape index (κ1) is 34.3. The summed E-state index contributed by atoms with van der Waals surface area (Å²) in [6, 6.07) is 70.3. The van der Waals surface area contributed by atoms with E-state index in [0.717, 1.165) is 78.1 Å². The number of para-hydroxylation sites is 1. The van der Waals surface area contributed by atoms with E-state index in [-0.39, 0.29) is 0 Å². The molecular weight excluding hydrogens is 719 g/mol. The number of furan rings is 1. The average molecular weight is 754 g/mol. The van der Waals surface area contributed by atoms with Crippen molar-refractivity contribution in [1.82, 2.24) is 15.0 Å². The Morgan fingerprint density at radius 2 is 0.881 bits per heavy atom. The highest BCUT2D eigenvalue weighted by atomic mass is 16.3. The molecular formula is C55H35N3O. The van der Waals surface area contributed by atoms with Crippen molar-refractivity contribution in [3.05, 3.63) is 213 Å². The van der Waals surface area contributed by atoms with Gasteiger partial charge >= 0.3 is 0 Å². The third-order valence-electron chi connectivity index (χ3n) is 11.2. The first-order chi connectivity index (χ1) is 29.2. The largest absolute Gasteiger partial charge is 0.455 e. The normalized spacial score (nSPS) is 11.4. The van der Waals surface area contributed by atoms with E-state index >= 15 is 0 Å². The minimum atomic E-state index is 0.801. The molecule has 4 heterocycles. The second-order valence-electron chi connectivity index (χ2n) is 14.8. The van der Waals surface area contributed by atoms with Gasteiger partial charge in [0.15, 0.2) is 0 Å². The molecule has 0 aliphatic carbocycles. The Balaban J connectivity index is 1.03. The van der Waals surface area contributed by atoms with E-state index in [1.54, 1.807) is 12.4 Å². The molecule has 11 aromatic rings. The van der Waals surface area contributed by atoms with Gasteiger partial charge in [-0.05, 0) is 116 Å². The Morgan fingerprint density at radius 1 is 0.322 bits per heavy atom. The fourth-order valence-corrected chi connectivity index (χ4v) is 8.33. The topological polar surface area (TPSA) is 51.8 Å². The van der Waals surface area contributed by atoms with Crippen LogP contribution in [0.3, 0.4) is 0 Å². The van der Waals surface area contributed by atoms with E-state index in [1.165, 1.54) is 33.0 Å². The van der Waals surface area contributed by atoms with Crippen LogP contribution in [0.2, 0.25) is 0 Å². The minimum Gasteiger partial charge on any atom is -0.455 e. The van der Waals surface area contributed by atoms with Crippen molar-refractivity contribution in [3.63, 3.8) is 0 Å². The van der Waals surface area contributed by atoms with E-state index in [1.807, 2.05) is 42.5 Å². The Kier molecular flexibility index (Phi) is 8.45. The molecule has 0 aliphatic rings. The Labute approximate surface area is 341 Å². The van der Waals surface area contributed by atoms with Crippen LogP contribution in [0.15, 0.2) is 217 Å². The molecule has 4 heteroatoms. The molecule has 0 N–H and O–H groups in total. The van der Waals surface area contributed by atoms with Crippen molar-refractivity contribution in [3.8, 4) is 78.4 Å². The second kappa shape index (κ2) is 14.5. The highest BCUT2D eigenvalue weighted by Gasteiger charge is 2.20. The van der Waals surface area contributed by atoms with Crippen molar-refractivity contribution >= 4 is 32.7 Å². The van der Waals surface area contributed by atoms with E-state index < -0.39 is 0 Å². The maximum absolute atomic E-state index is 6.82. The van der Waals surface area contributed by atoms with Gasteiger partial charge in [0.05, 0.1) is 22.8 Å². The molecule has 0 saturated carbocycles. The average Bonchev–Trinajstić information content (AvgIpc) is 3.72. The maximum Gasteiger partial charge on any atom is 0.143 e. The second-order valence-corrected chi connectivity index (χ2v) is 14.8. The number of fused-ring (bicyclic) bond motifs is 5. The molecule has 0 saturated heterocycles. The van der Waals surface area contributed by atoms with Gasteiger partial charge in [0.25, 0.3) is 0 Å². The van der Waals surface area contributed by atoms with Crippen molar-refractivity contribution in [2.75, 3.05) is 0 Å². The molecule has 4 nitrogen and oxygen atoms in total. The van der Waals surface area contributed by atoms with Gasteiger partial charge in [-0.1, -0.05) is 140 Å². The zero-order chi connectivity index (χ0) is 39.1. The predicted molar refractivity (Wildman–Crippen MR) is 243 cm³/mol. The van der Waals surface area contributed by atoms with Crippen LogP contribution in [-0.4, -0.2) is 15.0 Å². The van der Waals surface area contributed by atoms with Crippen LogP contribution in [0, 0.1) is 0 Å². The molecule has 11 rings (SSSR count). The lowest BCUT2D eigenvalue weighted by Gasteiger charge is -2.13. The maximum atomic E-state index is 6.82. The number of pyridine rings is 3. The van der Waals surface area contributed by atoms with Crippen LogP contribution in [0.1, 0.15) is 0 Å². The third-order valence-corrected chi connectivity index (χ3v) is 11.2. The number of hydrogen-bond acceptors (Lipinski definition) is 4. The van der Waals surface area contributed by atoms with Gasteiger partial charge in [-0.3, -0.25) is 9.97 Å². The van der Waals surface area contributed by atoms with Gasteiger partial charge in [-0.15, -0.1) is 0 Å². The van der Waals surface area contributed by atoms with E-state index in [4.69, 9.17) is 9.40 Å². The number of rotatable bonds is 7. The molecule has 4 aromatic heterocycles. The smallest absolute Gasteiger partial charge is 0.143 e. The molecule has 0 aliphatic heterocycles. The van der Waals surface area contributed by atoms with Crippen LogP contribution >= 0.6 is 0 Å². The molecule has 0 amide bonds. The summed E-state index contributed by atoms with van der Waals surface area (Å²) in [4.78, 5) is 14.2. The summed E-state index contributed by atoms with van der Waals surface area (Å²) >= 11 is 0. The fraction of sp³-hybridized carbons (Fsp3) is 0. The zero-order valence-electron chi connectivity index (χ0n) is 32.0. The van der Waals surface area contributed by atoms with Crippen LogP contribution in [0.25, 0.3) is 111 Å². The Bertz CT molecular complexity index is 3240. The van der Waals surface area contributed by atoms with Gasteiger partial charge in [0, 0.05) is 34.1 Å². The molecule has 0 bridgehead atoms. The predicted octanol–water partition coefficient (Wildman–Crippen LogP) is 14.6. The Hall–Kier alpha value is -7.95. The van der Waals surface area contributed by atoms with Crippen LogP contribution in [0.4, 0.5) is 0 Å². The number of nitrogens with zero attached hydrogens (tertiary/aromatic N) is 3. The first-order valence-electron chi connectivity index (χ1n) is 19.8. The van der Waals surface area contributed by atoms with Gasteiger partial charge in [-0.25, -0.2) is 4.98 Å². The third kappa shape index (κ3) is 6.34. The van der Waals surface area contributed by atoms with Crippen molar-refractivity contribution < 1.29 is 4.42 Å². The van der Waals surface area contributed by atoms with Crippen molar-refractivity contribution in [2.45, 2.75) is 0 Å². The zero-order valence-corrected chi connectivity index (χ0v) is 32.0. The van der Waals surface area contributed by atoms with Gasteiger partial charge in [-0.2, -0.15) is 0 Å². The summed E-state index contributed by atoms with van der Waals surface area (Å²) in [7, 11) is 0. The lowest BCUT2D eigenvalue weighted by atomic mass is 9.90. The van der Waals surface area contributed by atoms with Crippen LogP contribution in [-0.2, 0) is 0 Å². The quantitative estimate of drug-likeness (QED) is 0.163. The standard InChI is InChI=1S/C55H35N3O/c1-2-13-36(14-3-1)37-25-27-38(28-26-37)45-21-12-19-43-33-47(55-54(53(43)45)46-20-4-5-24-52(46)59-55)42-18-11-16-40(32-42)39-15-10-17-41(31-39)44-34-50(48-22-6-8-29-56-48)58-51(35-44)49-23-7-9-30-57-49/h1-35H. The number of hydrogen-bond donors (Lipinski definition) is 0. The van der Waals surface area contributed by atoms with Crippen LogP contribution in [0.5, 0.6) is 0 Å². The van der Waals surface area contributed by atoms with Gasteiger partial charge in [0.2, 0.25) is 0 Å². The molecule has 7 aromatic carbocycles. The molecule has 0 fully saturated rings. The van der Waals surface area contributed by atoms with Gasteiger partial charge in [0.1, 0.15) is 11.2 Å². The molecule has 0 spiro atoms. The number of benzene rings is 7. The lowest BCUT2D eigenvalue weighted by molar-refractivity contribution is 0.670. The molecule has 276 valence electrons. The first-order valence-corrected chi connectivity index (χ1v) is 19.8. The number of aromatic nitrogens is 3. The van der Waals surface area contributed by atoms with E-state index in [0.29, 0.717) is 0 Å². The Morgan fingerprint density at radius 3 is 1.58 bits per heavy atom. The molecule has 0 radical (unpaired) electrons. The van der Waals surface area contributed by atoms with Gasteiger partial charge < -0.3 is 4.42 Å². The lowest BCUT2D eigenvalue weighted by Crippen LogP contribution is -1.94. The highest BCUT2D eigenvalue weighted by molar-refractivity contribution is 6.26. The fourth-order valence-electron chi connectivity index (χ4n) is 8.33. The summed E-state index contributed by atoms with van der Waals surface area (Å²) < 4.78 is 6.82. The van der Waals surface area contributed by atoms with Crippen molar-refractivity contribution in [2.24, 2.45) is 0 Å². The minimum absolute atomic E-state index is 0.801. The van der Waals surface area contributed by atoms with E-state index in [9.17, 15) is 0 Å². The summed E-state index contributed by atoms with van der Waals surface area (Å²) in [6.07, 6.45) is 3.60. The summed E-state index contributed by atoms with van der Waals surface area (Å²) in [5, 5.41) is 4.61. The summed E-state index contributed by atoms with van der Waals surface area (Å²) in [6.45, 7) is 0. The van der Waals surface area contributed by atoms with E-state index in [2.05, 4.69) is 168 Å². The molecule has 0 atom stereocenters. The molecule has 0 unspecified atom stereocenters. The monoisotopic (exact) mass is 753 g/mol. The highest BCUT2D eigenvalue weighted by Crippen LogP contribution is 2.45. The van der Waals surface area contributed by atoms with Crippen molar-refractivity contribution in [1.29, 1.82) is 0 Å². The summed E-state index contributed by atoms with van der Waals surface area (Å²) in [5.74, 6) is 0. The SMILES string of the molecule is c1ccc(-c2ccc(-c3cccc4cc(-c5cccc(-c6cccc(-c7cc(-c8ccccn8)nc(-c8ccccn8)c7)c6)c5)c5oc6ccccc6c5c34)cc2)cc1.